The lowest BCUT2D eigenvalue weighted by molar-refractivity contribution is -0.0186. The third-order valence-electron chi connectivity index (χ3n) is 3.57. The van der Waals surface area contributed by atoms with Crippen molar-refractivity contribution in [1.29, 1.82) is 5.26 Å². The summed E-state index contributed by atoms with van der Waals surface area (Å²) >= 11 is 0. The predicted molar refractivity (Wildman–Crippen MR) is 84.2 cm³/mol. The molecular formula is C13H17N6O4P. The minimum Gasteiger partial charge on any atom is -0.382 e. The first kappa shape index (κ1) is 17.0. The molecule has 0 saturated carbocycles. The standard InChI is InChI=1S/C13H17N6O4P/c14-4-1-5-21-24(20)22-6-9-2-3-10(23-9)19-8-18-11-12(15)16-7-17-13(11)19/h7-10,20H,1-3,5-6H2,(H2,15,16,17)/t9-,10+,24?/m0/s1. The molecule has 1 aliphatic heterocycles. The quantitative estimate of drug-likeness (QED) is 0.556. The van der Waals surface area contributed by atoms with E-state index in [0.29, 0.717) is 17.0 Å². The molecule has 24 heavy (non-hydrogen) atoms. The monoisotopic (exact) mass is 352 g/mol. The highest BCUT2D eigenvalue weighted by Crippen LogP contribution is 2.36. The van der Waals surface area contributed by atoms with Crippen LogP contribution in [-0.2, 0) is 13.8 Å². The van der Waals surface area contributed by atoms with Gasteiger partial charge in [0.2, 0.25) is 0 Å². The highest BCUT2D eigenvalue weighted by Gasteiger charge is 2.29. The zero-order chi connectivity index (χ0) is 16.9. The van der Waals surface area contributed by atoms with Crippen LogP contribution in [0.5, 0.6) is 0 Å². The largest absolute Gasteiger partial charge is 0.382 e. The van der Waals surface area contributed by atoms with Crippen molar-refractivity contribution < 1.29 is 18.7 Å². The summed E-state index contributed by atoms with van der Waals surface area (Å²) in [5.41, 5.74) is 6.95. The number of nitrogen functional groups attached to an aromatic ring is 1. The van der Waals surface area contributed by atoms with Gasteiger partial charge in [0, 0.05) is 0 Å². The van der Waals surface area contributed by atoms with E-state index in [1.165, 1.54) is 6.33 Å². The minimum atomic E-state index is -1.99. The molecule has 128 valence electrons. The average Bonchev–Trinajstić information content (AvgIpc) is 3.20. The van der Waals surface area contributed by atoms with Crippen LogP contribution in [0, 0.1) is 11.3 Å². The van der Waals surface area contributed by atoms with Crippen molar-refractivity contribution in [2.24, 2.45) is 0 Å². The van der Waals surface area contributed by atoms with E-state index < -0.39 is 8.60 Å². The second-order valence-corrected chi connectivity index (χ2v) is 6.14. The van der Waals surface area contributed by atoms with Gasteiger partial charge in [0.05, 0.1) is 38.1 Å². The summed E-state index contributed by atoms with van der Waals surface area (Å²) in [7, 11) is -1.99. The SMILES string of the molecule is N#CCCOP(O)OC[C@@H]1CC[C@H](n2cnc3c(N)ncnc32)O1. The fourth-order valence-electron chi connectivity index (χ4n) is 2.45. The Bertz CT molecular complexity index is 735. The van der Waals surface area contributed by atoms with Gasteiger partial charge < -0.3 is 24.4 Å². The molecule has 3 rings (SSSR count). The molecule has 0 amide bonds. The van der Waals surface area contributed by atoms with Crippen LogP contribution in [0.3, 0.4) is 0 Å². The molecule has 0 spiro atoms. The van der Waals surface area contributed by atoms with Gasteiger partial charge in [-0.15, -0.1) is 0 Å². The van der Waals surface area contributed by atoms with Crippen LogP contribution in [-0.4, -0.2) is 43.7 Å². The molecule has 2 aromatic rings. The summed E-state index contributed by atoms with van der Waals surface area (Å²) in [6.45, 7) is 0.365. The molecule has 10 nitrogen and oxygen atoms in total. The average molecular weight is 352 g/mol. The van der Waals surface area contributed by atoms with Crippen molar-refractivity contribution in [2.75, 3.05) is 18.9 Å². The molecule has 1 aliphatic rings. The molecule has 0 aromatic carbocycles. The Hall–Kier alpha value is -1.89. The molecule has 1 unspecified atom stereocenters. The minimum absolute atomic E-state index is 0.148. The molecular weight excluding hydrogens is 335 g/mol. The zero-order valence-corrected chi connectivity index (χ0v) is 13.7. The van der Waals surface area contributed by atoms with E-state index >= 15 is 0 Å². The molecule has 11 heteroatoms. The van der Waals surface area contributed by atoms with Crippen LogP contribution in [0.25, 0.3) is 11.2 Å². The molecule has 1 fully saturated rings. The number of hydrogen-bond acceptors (Lipinski definition) is 9. The van der Waals surface area contributed by atoms with Crippen molar-refractivity contribution in [3.63, 3.8) is 0 Å². The van der Waals surface area contributed by atoms with E-state index in [2.05, 4.69) is 15.0 Å². The van der Waals surface area contributed by atoms with Crippen LogP contribution < -0.4 is 5.73 Å². The predicted octanol–water partition coefficient (Wildman–Crippen LogP) is 1.25. The van der Waals surface area contributed by atoms with E-state index in [1.807, 2.05) is 10.6 Å². The number of rotatable bonds is 7. The van der Waals surface area contributed by atoms with Gasteiger partial charge >= 0.3 is 8.60 Å². The van der Waals surface area contributed by atoms with Gasteiger partial charge in [0.25, 0.3) is 0 Å². The zero-order valence-electron chi connectivity index (χ0n) is 12.8. The highest BCUT2D eigenvalue weighted by atomic mass is 31.2. The first-order valence-electron chi connectivity index (χ1n) is 7.39. The van der Waals surface area contributed by atoms with Gasteiger partial charge in [-0.25, -0.2) is 15.0 Å². The van der Waals surface area contributed by atoms with Gasteiger partial charge in [0.15, 0.2) is 11.5 Å². The number of fused-ring (bicyclic) bond motifs is 1. The summed E-state index contributed by atoms with van der Waals surface area (Å²) in [5.74, 6) is 0.331. The van der Waals surface area contributed by atoms with Crippen molar-refractivity contribution in [3.8, 4) is 6.07 Å². The van der Waals surface area contributed by atoms with E-state index in [9.17, 15) is 4.89 Å². The Labute approximate surface area is 139 Å². The maximum atomic E-state index is 9.57. The van der Waals surface area contributed by atoms with Crippen LogP contribution in [0.1, 0.15) is 25.5 Å². The number of nitrogens with two attached hydrogens (primary N) is 1. The molecule has 2 aromatic heterocycles. The molecule has 1 saturated heterocycles. The number of hydrogen-bond donors (Lipinski definition) is 2. The topological polar surface area (TPSA) is 141 Å². The third-order valence-corrected chi connectivity index (χ3v) is 4.34. The second-order valence-electron chi connectivity index (χ2n) is 5.15. The maximum absolute atomic E-state index is 9.57. The van der Waals surface area contributed by atoms with Crippen LogP contribution in [0.15, 0.2) is 12.7 Å². The Kier molecular flexibility index (Phi) is 5.50. The molecule has 3 heterocycles. The van der Waals surface area contributed by atoms with Crippen molar-refractivity contribution in [2.45, 2.75) is 31.6 Å². The summed E-state index contributed by atoms with van der Waals surface area (Å²) in [6, 6.07) is 1.93. The van der Waals surface area contributed by atoms with Crippen molar-refractivity contribution in [3.05, 3.63) is 12.7 Å². The van der Waals surface area contributed by atoms with Crippen molar-refractivity contribution >= 4 is 25.6 Å². The number of aromatic nitrogens is 4. The highest BCUT2D eigenvalue weighted by molar-refractivity contribution is 7.40. The Balaban J connectivity index is 1.54. The molecule has 0 radical (unpaired) electrons. The molecule has 3 N–H and O–H groups in total. The number of nitrogens with zero attached hydrogens (tertiary/aromatic N) is 5. The molecule has 0 bridgehead atoms. The number of anilines is 1. The van der Waals surface area contributed by atoms with Gasteiger partial charge in [-0.2, -0.15) is 5.26 Å². The van der Waals surface area contributed by atoms with Gasteiger partial charge in [-0.3, -0.25) is 4.57 Å². The summed E-state index contributed by atoms with van der Waals surface area (Å²) < 4.78 is 18.0. The lowest BCUT2D eigenvalue weighted by atomic mass is 10.2. The van der Waals surface area contributed by atoms with Crippen LogP contribution in [0.2, 0.25) is 0 Å². The number of imidazole rings is 1. The van der Waals surface area contributed by atoms with E-state index in [4.69, 9.17) is 24.8 Å². The fraction of sp³-hybridized carbons (Fsp3) is 0.538. The Morgan fingerprint density at radius 2 is 2.29 bits per heavy atom. The Morgan fingerprint density at radius 1 is 1.42 bits per heavy atom. The fourth-order valence-corrected chi connectivity index (χ4v) is 3.06. The van der Waals surface area contributed by atoms with E-state index in [0.717, 1.165) is 12.8 Å². The summed E-state index contributed by atoms with van der Waals surface area (Å²) in [5, 5.41) is 8.40. The van der Waals surface area contributed by atoms with Gasteiger partial charge in [0.1, 0.15) is 18.1 Å². The second kappa shape index (κ2) is 7.79. The molecule has 3 atom stereocenters. The van der Waals surface area contributed by atoms with E-state index in [1.54, 1.807) is 6.33 Å². The summed E-state index contributed by atoms with van der Waals surface area (Å²) in [4.78, 5) is 21.9. The maximum Gasteiger partial charge on any atom is 0.329 e. The molecule has 0 aliphatic carbocycles. The van der Waals surface area contributed by atoms with Gasteiger partial charge in [-0.1, -0.05) is 0 Å². The summed E-state index contributed by atoms with van der Waals surface area (Å²) in [6.07, 6.45) is 4.39. The van der Waals surface area contributed by atoms with Crippen LogP contribution in [0.4, 0.5) is 5.82 Å². The third kappa shape index (κ3) is 3.77. The normalized spacial score (nSPS) is 21.8. The van der Waals surface area contributed by atoms with Crippen LogP contribution >= 0.6 is 8.60 Å². The first-order valence-corrected chi connectivity index (χ1v) is 8.52. The first-order chi connectivity index (χ1) is 11.7. The lowest BCUT2D eigenvalue weighted by Crippen LogP contribution is -2.16. The van der Waals surface area contributed by atoms with Gasteiger partial charge in [-0.05, 0) is 12.8 Å². The Morgan fingerprint density at radius 3 is 3.12 bits per heavy atom. The number of nitriles is 1. The lowest BCUT2D eigenvalue weighted by Gasteiger charge is -2.16. The number of ether oxygens (including phenoxy) is 1. The smallest absolute Gasteiger partial charge is 0.329 e. The van der Waals surface area contributed by atoms with E-state index in [-0.39, 0.29) is 32.0 Å². The van der Waals surface area contributed by atoms with Crippen molar-refractivity contribution in [1.82, 2.24) is 19.5 Å².